The summed E-state index contributed by atoms with van der Waals surface area (Å²) in [6.45, 7) is 4.65. The van der Waals surface area contributed by atoms with Crippen molar-refractivity contribution in [3.63, 3.8) is 0 Å². The summed E-state index contributed by atoms with van der Waals surface area (Å²) in [5.74, 6) is 1.23. The van der Waals surface area contributed by atoms with Crippen molar-refractivity contribution in [3.8, 4) is 5.88 Å². The fourth-order valence-corrected chi connectivity index (χ4v) is 2.34. The van der Waals surface area contributed by atoms with E-state index in [9.17, 15) is 0 Å². The predicted octanol–water partition coefficient (Wildman–Crippen LogP) is 2.73. The number of alkyl halides is 1. The first-order valence-electron chi connectivity index (χ1n) is 6.50. The van der Waals surface area contributed by atoms with Crippen molar-refractivity contribution in [2.45, 2.75) is 31.7 Å². The van der Waals surface area contributed by atoms with Gasteiger partial charge in [0, 0.05) is 19.8 Å². The topological polar surface area (TPSA) is 62.1 Å². The molecule has 2 unspecified atom stereocenters. The minimum atomic E-state index is -0.223. The largest absolute Gasteiger partial charge is 0.479 e. The fourth-order valence-electron chi connectivity index (χ4n) is 2.19. The molecule has 7 heteroatoms. The average molecular weight is 299 g/mol. The van der Waals surface area contributed by atoms with Crippen molar-refractivity contribution >= 4 is 22.8 Å². The van der Waals surface area contributed by atoms with E-state index in [1.165, 1.54) is 6.33 Å². The van der Waals surface area contributed by atoms with Gasteiger partial charge in [-0.2, -0.15) is 4.98 Å². The van der Waals surface area contributed by atoms with Crippen LogP contribution in [0.5, 0.6) is 5.88 Å². The molecule has 2 heterocycles. The van der Waals surface area contributed by atoms with Crippen molar-refractivity contribution in [1.82, 2.24) is 19.5 Å². The molecule has 6 nitrogen and oxygen atoms in total. The number of aromatic nitrogens is 4. The van der Waals surface area contributed by atoms with Crippen molar-refractivity contribution in [2.75, 3.05) is 20.8 Å². The average Bonchev–Trinajstić information content (AvgIpc) is 2.84. The van der Waals surface area contributed by atoms with E-state index >= 15 is 0 Å². The van der Waals surface area contributed by atoms with Crippen LogP contribution in [0, 0.1) is 0 Å². The minimum Gasteiger partial charge on any atom is -0.479 e. The molecule has 0 saturated heterocycles. The normalized spacial score (nSPS) is 14.4. The lowest BCUT2D eigenvalue weighted by molar-refractivity contribution is 0.181. The van der Waals surface area contributed by atoms with Gasteiger partial charge in [0.25, 0.3) is 0 Å². The van der Waals surface area contributed by atoms with E-state index < -0.39 is 0 Å². The lowest BCUT2D eigenvalue weighted by atomic mass is 10.2. The number of rotatable bonds is 6. The SMILES string of the molecule is COCCC(C)n1c(C(C)Cl)nc2c(OC)ncnc21. The molecule has 2 rings (SSSR count). The molecule has 110 valence electrons. The molecular formula is C13H19ClN4O2. The molecule has 0 N–H and O–H groups in total. The maximum absolute atomic E-state index is 6.25. The molecule has 2 aromatic rings. The standard InChI is InChI=1S/C13H19ClN4O2/c1-8(5-6-19-3)18-11(9(2)14)17-10-12(18)15-7-16-13(10)20-4/h7-9H,5-6H2,1-4H3. The number of imidazole rings is 1. The fraction of sp³-hybridized carbons (Fsp3) is 0.615. The van der Waals surface area contributed by atoms with E-state index in [1.807, 2.05) is 11.5 Å². The second-order valence-electron chi connectivity index (χ2n) is 4.64. The van der Waals surface area contributed by atoms with Gasteiger partial charge in [-0.3, -0.25) is 0 Å². The van der Waals surface area contributed by atoms with Gasteiger partial charge in [-0.05, 0) is 20.3 Å². The van der Waals surface area contributed by atoms with Gasteiger partial charge in [0.2, 0.25) is 5.88 Å². The first-order valence-corrected chi connectivity index (χ1v) is 6.93. The number of ether oxygens (including phenoxy) is 2. The molecule has 20 heavy (non-hydrogen) atoms. The Hall–Kier alpha value is -1.40. The number of nitrogens with zero attached hydrogens (tertiary/aromatic N) is 4. The van der Waals surface area contributed by atoms with Gasteiger partial charge in [-0.15, -0.1) is 11.6 Å². The molecule has 0 aliphatic rings. The summed E-state index contributed by atoms with van der Waals surface area (Å²) in [4.78, 5) is 13.0. The van der Waals surface area contributed by atoms with Crippen LogP contribution in [0.3, 0.4) is 0 Å². The molecule has 0 spiro atoms. The molecule has 0 aliphatic heterocycles. The highest BCUT2D eigenvalue weighted by Crippen LogP contribution is 2.30. The van der Waals surface area contributed by atoms with Crippen LogP contribution in [0.1, 0.15) is 37.5 Å². The number of hydrogen-bond donors (Lipinski definition) is 0. The Balaban J connectivity index is 2.57. The summed E-state index contributed by atoms with van der Waals surface area (Å²) >= 11 is 6.25. The Morgan fingerprint density at radius 1 is 1.30 bits per heavy atom. The lowest BCUT2D eigenvalue weighted by Gasteiger charge is -2.17. The molecule has 0 aromatic carbocycles. The van der Waals surface area contributed by atoms with Crippen molar-refractivity contribution < 1.29 is 9.47 Å². The Kier molecular flexibility index (Phi) is 4.77. The third kappa shape index (κ3) is 2.71. The maximum atomic E-state index is 6.25. The molecule has 2 atom stereocenters. The Morgan fingerprint density at radius 2 is 2.05 bits per heavy atom. The number of halogens is 1. The van der Waals surface area contributed by atoms with E-state index in [0.29, 0.717) is 18.0 Å². The molecule has 0 fully saturated rings. The van der Waals surface area contributed by atoms with Crippen molar-refractivity contribution in [2.24, 2.45) is 0 Å². The highest BCUT2D eigenvalue weighted by molar-refractivity contribution is 6.20. The van der Waals surface area contributed by atoms with E-state index in [-0.39, 0.29) is 11.4 Å². The van der Waals surface area contributed by atoms with Crippen LogP contribution in [0.4, 0.5) is 0 Å². The van der Waals surface area contributed by atoms with Crippen LogP contribution >= 0.6 is 11.6 Å². The molecule has 0 saturated carbocycles. The monoisotopic (exact) mass is 298 g/mol. The van der Waals surface area contributed by atoms with Crippen LogP contribution in [-0.4, -0.2) is 40.3 Å². The van der Waals surface area contributed by atoms with Gasteiger partial charge < -0.3 is 14.0 Å². The lowest BCUT2D eigenvalue weighted by Crippen LogP contribution is -2.12. The first kappa shape index (κ1) is 15.0. The third-order valence-electron chi connectivity index (χ3n) is 3.20. The van der Waals surface area contributed by atoms with Gasteiger partial charge in [-0.25, -0.2) is 9.97 Å². The van der Waals surface area contributed by atoms with E-state index in [4.69, 9.17) is 21.1 Å². The highest BCUT2D eigenvalue weighted by Gasteiger charge is 2.22. The predicted molar refractivity (Wildman–Crippen MR) is 77.3 cm³/mol. The zero-order chi connectivity index (χ0) is 14.7. The molecule has 0 amide bonds. The molecular weight excluding hydrogens is 280 g/mol. The van der Waals surface area contributed by atoms with Crippen LogP contribution < -0.4 is 4.74 Å². The first-order chi connectivity index (χ1) is 9.60. The molecule has 0 aliphatic carbocycles. The Labute approximate surface area is 123 Å². The van der Waals surface area contributed by atoms with Crippen LogP contribution in [0.15, 0.2) is 6.33 Å². The smallest absolute Gasteiger partial charge is 0.245 e. The molecule has 2 aromatic heterocycles. The quantitative estimate of drug-likeness (QED) is 0.767. The van der Waals surface area contributed by atoms with E-state index in [2.05, 4.69) is 21.9 Å². The minimum absolute atomic E-state index is 0.177. The van der Waals surface area contributed by atoms with Gasteiger partial charge in [-0.1, -0.05) is 0 Å². The molecule has 0 bridgehead atoms. The second-order valence-corrected chi connectivity index (χ2v) is 5.30. The van der Waals surface area contributed by atoms with Gasteiger partial charge in [0.05, 0.1) is 12.5 Å². The van der Waals surface area contributed by atoms with Gasteiger partial charge >= 0.3 is 0 Å². The van der Waals surface area contributed by atoms with Crippen molar-refractivity contribution in [3.05, 3.63) is 12.2 Å². The zero-order valence-corrected chi connectivity index (χ0v) is 12.9. The Bertz CT molecular complexity index is 585. The zero-order valence-electron chi connectivity index (χ0n) is 12.1. The summed E-state index contributed by atoms with van der Waals surface area (Å²) in [6, 6.07) is 0.177. The Morgan fingerprint density at radius 3 is 2.65 bits per heavy atom. The summed E-state index contributed by atoms with van der Waals surface area (Å²) in [7, 11) is 3.26. The number of fused-ring (bicyclic) bond motifs is 1. The van der Waals surface area contributed by atoms with Crippen LogP contribution in [0.25, 0.3) is 11.2 Å². The second kappa shape index (κ2) is 6.37. The van der Waals surface area contributed by atoms with E-state index in [0.717, 1.165) is 17.9 Å². The van der Waals surface area contributed by atoms with Gasteiger partial charge in [0.15, 0.2) is 11.2 Å². The van der Waals surface area contributed by atoms with Crippen LogP contribution in [-0.2, 0) is 4.74 Å². The van der Waals surface area contributed by atoms with Gasteiger partial charge in [0.1, 0.15) is 12.2 Å². The number of hydrogen-bond acceptors (Lipinski definition) is 5. The summed E-state index contributed by atoms with van der Waals surface area (Å²) in [5, 5.41) is -0.223. The molecule has 0 radical (unpaired) electrons. The summed E-state index contributed by atoms with van der Waals surface area (Å²) < 4.78 is 12.4. The summed E-state index contributed by atoms with van der Waals surface area (Å²) in [6.07, 6.45) is 2.33. The van der Waals surface area contributed by atoms with E-state index in [1.54, 1.807) is 14.2 Å². The highest BCUT2D eigenvalue weighted by atomic mass is 35.5. The van der Waals surface area contributed by atoms with Crippen LogP contribution in [0.2, 0.25) is 0 Å². The maximum Gasteiger partial charge on any atom is 0.245 e. The summed E-state index contributed by atoms with van der Waals surface area (Å²) in [5.41, 5.74) is 1.38. The third-order valence-corrected chi connectivity index (χ3v) is 3.40. The number of methoxy groups -OCH3 is 2. The van der Waals surface area contributed by atoms with Crippen molar-refractivity contribution in [1.29, 1.82) is 0 Å².